The van der Waals surface area contributed by atoms with Crippen molar-refractivity contribution in [1.82, 2.24) is 14.7 Å². The zero-order chi connectivity index (χ0) is 17.0. The average molecular weight is 371 g/mol. The lowest BCUT2D eigenvalue weighted by molar-refractivity contribution is 0.0976. The van der Waals surface area contributed by atoms with Crippen LogP contribution in [0.4, 0.5) is 0 Å². The zero-order valence-electron chi connectivity index (χ0n) is 11.3. The molecule has 0 aliphatic heterocycles. The van der Waals surface area contributed by atoms with Crippen LogP contribution in [0.1, 0.15) is 26.3 Å². The largest absolute Gasteiger partial charge is 0.283 e. The molecular weight excluding hydrogens is 363 g/mol. The lowest BCUT2D eigenvalue weighted by atomic mass is 10.1. The third kappa shape index (κ3) is 3.76. The number of alkyl halides is 1. The van der Waals surface area contributed by atoms with Gasteiger partial charge in [0.15, 0.2) is 4.71 Å². The molecule has 1 aromatic heterocycles. The summed E-state index contributed by atoms with van der Waals surface area (Å²) < 4.78 is 24.6. The molecule has 1 N–H and O–H groups in total. The molecule has 1 atom stereocenters. The maximum Gasteiger partial charge on any atom is 0.283 e. The lowest BCUT2D eigenvalue weighted by Crippen LogP contribution is -2.33. The molecule has 10 heteroatoms. The fourth-order valence-corrected chi connectivity index (χ4v) is 3.48. The molecule has 2 aromatic rings. The van der Waals surface area contributed by atoms with Crippen LogP contribution in [0.25, 0.3) is 0 Å². The summed E-state index contributed by atoms with van der Waals surface area (Å²) in [5.41, 5.74) is -0.245. The molecule has 1 heterocycles. The van der Waals surface area contributed by atoms with E-state index in [-0.39, 0.29) is 21.8 Å². The summed E-state index contributed by atoms with van der Waals surface area (Å²) >= 11 is 11.9. The van der Waals surface area contributed by atoms with Crippen molar-refractivity contribution in [3.63, 3.8) is 0 Å². The minimum Gasteiger partial charge on any atom is -0.266 e. The second-order valence-electron chi connectivity index (χ2n) is 4.20. The van der Waals surface area contributed by atoms with Crippen LogP contribution in [0.3, 0.4) is 0 Å². The number of nitrogens with zero attached hydrogens (tertiary/aromatic N) is 3. The van der Waals surface area contributed by atoms with Crippen molar-refractivity contribution in [2.24, 2.45) is 0 Å². The number of sulfonamides is 1. The Hall–Kier alpha value is -2.21. The first-order valence-electron chi connectivity index (χ1n) is 6.01. The van der Waals surface area contributed by atoms with E-state index >= 15 is 0 Å². The Morgan fingerprint density at radius 3 is 2.70 bits per heavy atom. The van der Waals surface area contributed by atoms with Crippen LogP contribution in [-0.4, -0.2) is 24.3 Å². The number of hydrogen-bond donors (Lipinski definition) is 1. The van der Waals surface area contributed by atoms with E-state index < -0.39 is 20.6 Å². The first-order valence-corrected chi connectivity index (χ1v) is 8.37. The zero-order valence-corrected chi connectivity index (χ0v) is 13.6. The van der Waals surface area contributed by atoms with Gasteiger partial charge in [-0.3, -0.25) is 4.79 Å². The van der Waals surface area contributed by atoms with E-state index in [0.717, 1.165) is 6.33 Å². The van der Waals surface area contributed by atoms with E-state index in [0.29, 0.717) is 0 Å². The van der Waals surface area contributed by atoms with Gasteiger partial charge < -0.3 is 0 Å². The quantitative estimate of drug-likeness (QED) is 0.823. The summed E-state index contributed by atoms with van der Waals surface area (Å²) in [5.74, 6) is -0.969. The third-order valence-electron chi connectivity index (χ3n) is 2.72. The molecule has 0 aliphatic rings. The van der Waals surface area contributed by atoms with Crippen LogP contribution in [0.2, 0.25) is 5.02 Å². The highest BCUT2D eigenvalue weighted by Crippen LogP contribution is 2.34. The minimum absolute atomic E-state index is 0.00244. The molecule has 1 unspecified atom stereocenters. The van der Waals surface area contributed by atoms with Gasteiger partial charge in [0, 0.05) is 16.8 Å². The van der Waals surface area contributed by atoms with Crippen molar-refractivity contribution in [1.29, 1.82) is 5.26 Å². The van der Waals surface area contributed by atoms with Gasteiger partial charge >= 0.3 is 0 Å². The van der Waals surface area contributed by atoms with Gasteiger partial charge in [-0.1, -0.05) is 29.3 Å². The molecule has 0 saturated heterocycles. The van der Waals surface area contributed by atoms with Crippen molar-refractivity contribution < 1.29 is 13.2 Å². The summed E-state index contributed by atoms with van der Waals surface area (Å²) in [7, 11) is -4.35. The molecule has 2 rings (SSSR count). The Balaban J connectivity index is 2.34. The number of carbonyl (C=O) groups excluding carboxylic acids is 1. The van der Waals surface area contributed by atoms with Crippen LogP contribution >= 0.6 is 23.2 Å². The molecule has 0 fully saturated rings. The van der Waals surface area contributed by atoms with E-state index in [9.17, 15) is 13.2 Å². The molecule has 0 aliphatic carbocycles. The summed E-state index contributed by atoms with van der Waals surface area (Å²) in [6, 6.07) is 7.31. The highest BCUT2D eigenvalue weighted by molar-refractivity contribution is 7.91. The van der Waals surface area contributed by atoms with Crippen molar-refractivity contribution >= 4 is 39.1 Å². The molecule has 7 nitrogen and oxygen atoms in total. The van der Waals surface area contributed by atoms with Crippen LogP contribution in [0.15, 0.2) is 36.8 Å². The molecule has 1 aromatic carbocycles. The molecule has 0 radical (unpaired) electrons. The SMILES string of the molecule is N#Cc1cccc(Cl)c1C(Cl)S(=O)(=O)NC(=O)c1ccncn1. The maximum atomic E-state index is 12.3. The van der Waals surface area contributed by atoms with Gasteiger partial charge in [-0.25, -0.2) is 23.1 Å². The Bertz CT molecular complexity index is 882. The van der Waals surface area contributed by atoms with E-state index in [1.165, 1.54) is 30.5 Å². The lowest BCUT2D eigenvalue weighted by Gasteiger charge is -2.14. The fraction of sp³-hybridized carbons (Fsp3) is 0.0769. The molecular formula is C13H8Cl2N4O3S. The minimum atomic E-state index is -4.35. The maximum absolute atomic E-state index is 12.3. The number of carbonyl (C=O) groups is 1. The predicted molar refractivity (Wildman–Crippen MR) is 83.2 cm³/mol. The van der Waals surface area contributed by atoms with Gasteiger partial charge in [0.2, 0.25) is 0 Å². The Kier molecular flexibility index (Phi) is 5.15. The summed E-state index contributed by atoms with van der Waals surface area (Å²) in [5, 5.41) is 9.05. The smallest absolute Gasteiger partial charge is 0.266 e. The topological polar surface area (TPSA) is 113 Å². The van der Waals surface area contributed by atoms with Crippen LogP contribution in [0.5, 0.6) is 0 Å². The normalized spacial score (nSPS) is 12.2. The number of nitrogens with one attached hydrogen (secondary N) is 1. The van der Waals surface area contributed by atoms with Gasteiger partial charge in [0.25, 0.3) is 15.9 Å². The Labute approximate surface area is 141 Å². The molecule has 0 bridgehead atoms. The standard InChI is InChI=1S/C13H8Cl2N4O3S/c14-9-3-1-2-8(6-16)11(9)12(15)23(21,22)19-13(20)10-4-5-17-7-18-10/h1-5,7,12H,(H,19,20). The van der Waals surface area contributed by atoms with Gasteiger partial charge in [0.1, 0.15) is 12.0 Å². The fourth-order valence-electron chi connectivity index (χ4n) is 1.68. The summed E-state index contributed by atoms with van der Waals surface area (Å²) in [6.07, 6.45) is 2.39. The Morgan fingerprint density at radius 1 is 1.35 bits per heavy atom. The van der Waals surface area contributed by atoms with Crippen molar-refractivity contribution in [3.05, 3.63) is 58.6 Å². The van der Waals surface area contributed by atoms with Crippen LogP contribution < -0.4 is 4.72 Å². The molecule has 23 heavy (non-hydrogen) atoms. The first-order chi connectivity index (χ1) is 10.9. The average Bonchev–Trinajstić information content (AvgIpc) is 2.54. The number of halogens is 2. The van der Waals surface area contributed by atoms with Gasteiger partial charge in [-0.2, -0.15) is 5.26 Å². The number of rotatable bonds is 4. The molecule has 1 amide bonds. The predicted octanol–water partition coefficient (Wildman–Crippen LogP) is 2.00. The highest BCUT2D eigenvalue weighted by Gasteiger charge is 2.31. The number of aromatic nitrogens is 2. The van der Waals surface area contributed by atoms with Crippen LogP contribution in [0, 0.1) is 11.3 Å². The third-order valence-corrected chi connectivity index (χ3v) is 5.22. The van der Waals surface area contributed by atoms with Gasteiger partial charge in [0.05, 0.1) is 11.6 Å². The first kappa shape index (κ1) is 17.1. The van der Waals surface area contributed by atoms with Crippen molar-refractivity contribution in [2.75, 3.05) is 0 Å². The van der Waals surface area contributed by atoms with Gasteiger partial charge in [-0.05, 0) is 18.2 Å². The second-order valence-corrected chi connectivity index (χ2v) is 7.07. The van der Waals surface area contributed by atoms with Gasteiger partial charge in [-0.15, -0.1) is 0 Å². The molecule has 0 spiro atoms. The number of amides is 1. The van der Waals surface area contributed by atoms with E-state index in [4.69, 9.17) is 28.5 Å². The number of benzene rings is 1. The van der Waals surface area contributed by atoms with Crippen molar-refractivity contribution in [3.8, 4) is 6.07 Å². The number of hydrogen-bond acceptors (Lipinski definition) is 6. The molecule has 0 saturated carbocycles. The second kappa shape index (κ2) is 6.91. The summed E-state index contributed by atoms with van der Waals surface area (Å²) in [6.45, 7) is 0. The van der Waals surface area contributed by atoms with E-state index in [1.54, 1.807) is 4.72 Å². The Morgan fingerprint density at radius 2 is 2.09 bits per heavy atom. The van der Waals surface area contributed by atoms with Crippen molar-refractivity contribution in [2.45, 2.75) is 4.71 Å². The molecule has 118 valence electrons. The van der Waals surface area contributed by atoms with E-state index in [1.807, 2.05) is 6.07 Å². The van der Waals surface area contributed by atoms with Crippen LogP contribution in [-0.2, 0) is 10.0 Å². The number of nitriles is 1. The highest BCUT2D eigenvalue weighted by atomic mass is 35.5. The summed E-state index contributed by atoms with van der Waals surface area (Å²) in [4.78, 5) is 19.2. The van der Waals surface area contributed by atoms with E-state index in [2.05, 4.69) is 9.97 Å². The monoisotopic (exact) mass is 370 g/mol.